The molecule has 2 rings (SSSR count). The molecule has 0 saturated heterocycles. The van der Waals surface area contributed by atoms with Gasteiger partial charge in [-0.1, -0.05) is 30.3 Å². The Kier molecular flexibility index (Phi) is 4.00. The van der Waals surface area contributed by atoms with E-state index in [-0.39, 0.29) is 6.61 Å². The van der Waals surface area contributed by atoms with E-state index >= 15 is 0 Å². The molecule has 0 aliphatic rings. The summed E-state index contributed by atoms with van der Waals surface area (Å²) >= 11 is 0. The summed E-state index contributed by atoms with van der Waals surface area (Å²) in [5.74, 6) is 0.791. The third-order valence-electron chi connectivity index (χ3n) is 3.06. The van der Waals surface area contributed by atoms with Crippen LogP contribution < -0.4 is 4.74 Å². The third-order valence-corrected chi connectivity index (χ3v) is 3.06. The van der Waals surface area contributed by atoms with Crippen molar-refractivity contribution in [3.8, 4) is 5.75 Å². The Balaban J connectivity index is 2.04. The summed E-state index contributed by atoms with van der Waals surface area (Å²) < 4.78 is 5.72. The van der Waals surface area contributed by atoms with Crippen molar-refractivity contribution in [3.05, 3.63) is 64.7 Å². The zero-order valence-corrected chi connectivity index (χ0v) is 10.8. The number of aliphatic hydroxyl groups excluding tert-OH is 1. The van der Waals surface area contributed by atoms with E-state index in [4.69, 9.17) is 9.84 Å². The van der Waals surface area contributed by atoms with Crippen LogP contribution in [-0.4, -0.2) is 5.11 Å². The Morgan fingerprint density at radius 2 is 1.78 bits per heavy atom. The van der Waals surface area contributed by atoms with Crippen LogP contribution in [0.4, 0.5) is 0 Å². The zero-order chi connectivity index (χ0) is 13.0. The van der Waals surface area contributed by atoms with Gasteiger partial charge in [0, 0.05) is 0 Å². The maximum Gasteiger partial charge on any atom is 0.120 e. The standard InChI is InChI=1S/C16H18O2/c1-12-6-7-15(8-13(12)2)11-18-16-5-3-4-14(9-16)10-17/h3-9,17H,10-11H2,1-2H3. The van der Waals surface area contributed by atoms with Crippen LogP contribution in [0.3, 0.4) is 0 Å². The molecule has 0 aliphatic carbocycles. The van der Waals surface area contributed by atoms with Crippen LogP contribution in [0.2, 0.25) is 0 Å². The summed E-state index contributed by atoms with van der Waals surface area (Å²) in [4.78, 5) is 0. The summed E-state index contributed by atoms with van der Waals surface area (Å²) in [5, 5.41) is 9.06. The zero-order valence-electron chi connectivity index (χ0n) is 10.8. The average molecular weight is 242 g/mol. The number of benzene rings is 2. The Hall–Kier alpha value is -1.80. The summed E-state index contributed by atoms with van der Waals surface area (Å²) in [6.07, 6.45) is 0. The monoisotopic (exact) mass is 242 g/mol. The maximum absolute atomic E-state index is 9.06. The van der Waals surface area contributed by atoms with Crippen LogP contribution in [0.15, 0.2) is 42.5 Å². The number of hydrogen-bond acceptors (Lipinski definition) is 2. The number of aliphatic hydroxyl groups is 1. The lowest BCUT2D eigenvalue weighted by Gasteiger charge is -2.09. The van der Waals surface area contributed by atoms with E-state index in [1.807, 2.05) is 24.3 Å². The van der Waals surface area contributed by atoms with Gasteiger partial charge >= 0.3 is 0 Å². The van der Waals surface area contributed by atoms with E-state index in [2.05, 4.69) is 32.0 Å². The van der Waals surface area contributed by atoms with Gasteiger partial charge in [0.05, 0.1) is 6.61 Å². The lowest BCUT2D eigenvalue weighted by molar-refractivity contribution is 0.278. The molecular weight excluding hydrogens is 224 g/mol. The second-order valence-electron chi connectivity index (χ2n) is 4.51. The number of rotatable bonds is 4. The number of aryl methyl sites for hydroxylation is 2. The summed E-state index contributed by atoms with van der Waals surface area (Å²) in [7, 11) is 0. The minimum atomic E-state index is 0.0425. The van der Waals surface area contributed by atoms with Gasteiger partial charge in [-0.15, -0.1) is 0 Å². The first-order valence-electron chi connectivity index (χ1n) is 6.08. The molecule has 0 aromatic heterocycles. The van der Waals surface area contributed by atoms with Crippen molar-refractivity contribution in [1.82, 2.24) is 0 Å². The maximum atomic E-state index is 9.06. The van der Waals surface area contributed by atoms with Crippen molar-refractivity contribution in [2.75, 3.05) is 0 Å². The minimum absolute atomic E-state index is 0.0425. The van der Waals surface area contributed by atoms with Crippen molar-refractivity contribution in [2.24, 2.45) is 0 Å². The van der Waals surface area contributed by atoms with Crippen LogP contribution in [0, 0.1) is 13.8 Å². The van der Waals surface area contributed by atoms with Gasteiger partial charge in [-0.3, -0.25) is 0 Å². The van der Waals surface area contributed by atoms with Gasteiger partial charge in [0.2, 0.25) is 0 Å². The van der Waals surface area contributed by atoms with Gasteiger partial charge in [0.15, 0.2) is 0 Å². The van der Waals surface area contributed by atoms with Gasteiger partial charge < -0.3 is 9.84 Å². The molecule has 0 aliphatic heterocycles. The molecule has 0 bridgehead atoms. The SMILES string of the molecule is Cc1ccc(COc2cccc(CO)c2)cc1C. The summed E-state index contributed by atoms with van der Waals surface area (Å²) in [5.41, 5.74) is 4.60. The normalized spacial score (nSPS) is 10.4. The van der Waals surface area contributed by atoms with Crippen LogP contribution in [0.25, 0.3) is 0 Å². The van der Waals surface area contributed by atoms with Gasteiger partial charge in [-0.25, -0.2) is 0 Å². The van der Waals surface area contributed by atoms with Crippen molar-refractivity contribution >= 4 is 0 Å². The molecule has 0 heterocycles. The highest BCUT2D eigenvalue weighted by Gasteiger charge is 1.99. The molecule has 0 fully saturated rings. The van der Waals surface area contributed by atoms with Gasteiger partial charge in [-0.2, -0.15) is 0 Å². The van der Waals surface area contributed by atoms with Crippen molar-refractivity contribution in [1.29, 1.82) is 0 Å². The molecule has 0 spiro atoms. The molecule has 2 aromatic carbocycles. The fourth-order valence-corrected chi connectivity index (χ4v) is 1.79. The lowest BCUT2D eigenvalue weighted by atomic mass is 10.1. The number of ether oxygens (including phenoxy) is 1. The Morgan fingerprint density at radius 1 is 0.944 bits per heavy atom. The van der Waals surface area contributed by atoms with Gasteiger partial charge in [-0.05, 0) is 48.2 Å². The molecule has 94 valence electrons. The molecular formula is C16H18O2. The fraction of sp³-hybridized carbons (Fsp3) is 0.250. The van der Waals surface area contributed by atoms with E-state index in [0.717, 1.165) is 16.9 Å². The third kappa shape index (κ3) is 3.11. The van der Waals surface area contributed by atoms with Crippen LogP contribution in [-0.2, 0) is 13.2 Å². The minimum Gasteiger partial charge on any atom is -0.489 e. The first-order chi connectivity index (χ1) is 8.69. The Labute approximate surface area is 108 Å². The van der Waals surface area contributed by atoms with Crippen molar-refractivity contribution in [2.45, 2.75) is 27.1 Å². The Morgan fingerprint density at radius 3 is 2.50 bits per heavy atom. The number of hydrogen-bond donors (Lipinski definition) is 1. The molecule has 0 amide bonds. The molecule has 0 radical (unpaired) electrons. The van der Waals surface area contributed by atoms with Crippen LogP contribution in [0.1, 0.15) is 22.3 Å². The van der Waals surface area contributed by atoms with Crippen LogP contribution >= 0.6 is 0 Å². The molecule has 2 nitrogen and oxygen atoms in total. The van der Waals surface area contributed by atoms with E-state index < -0.39 is 0 Å². The van der Waals surface area contributed by atoms with Crippen molar-refractivity contribution < 1.29 is 9.84 Å². The van der Waals surface area contributed by atoms with Gasteiger partial charge in [0.1, 0.15) is 12.4 Å². The molecule has 18 heavy (non-hydrogen) atoms. The van der Waals surface area contributed by atoms with Gasteiger partial charge in [0.25, 0.3) is 0 Å². The topological polar surface area (TPSA) is 29.5 Å². The molecule has 0 saturated carbocycles. The summed E-state index contributed by atoms with van der Waals surface area (Å²) in [6, 6.07) is 13.9. The highest BCUT2D eigenvalue weighted by Crippen LogP contribution is 2.16. The highest BCUT2D eigenvalue weighted by atomic mass is 16.5. The molecule has 1 N–H and O–H groups in total. The first-order valence-corrected chi connectivity index (χ1v) is 6.08. The van der Waals surface area contributed by atoms with E-state index in [9.17, 15) is 0 Å². The second kappa shape index (κ2) is 5.69. The quantitative estimate of drug-likeness (QED) is 0.890. The molecule has 2 heteroatoms. The van der Waals surface area contributed by atoms with E-state index in [1.54, 1.807) is 0 Å². The molecule has 2 aromatic rings. The molecule has 0 atom stereocenters. The smallest absolute Gasteiger partial charge is 0.120 e. The van der Waals surface area contributed by atoms with E-state index in [0.29, 0.717) is 6.61 Å². The largest absolute Gasteiger partial charge is 0.489 e. The highest BCUT2D eigenvalue weighted by molar-refractivity contribution is 5.31. The predicted molar refractivity (Wildman–Crippen MR) is 72.6 cm³/mol. The average Bonchev–Trinajstić information content (AvgIpc) is 2.40. The first kappa shape index (κ1) is 12.7. The lowest BCUT2D eigenvalue weighted by Crippen LogP contribution is -1.97. The van der Waals surface area contributed by atoms with E-state index in [1.165, 1.54) is 11.1 Å². The Bertz CT molecular complexity index is 532. The predicted octanol–water partition coefficient (Wildman–Crippen LogP) is 3.37. The van der Waals surface area contributed by atoms with Crippen LogP contribution in [0.5, 0.6) is 5.75 Å². The summed E-state index contributed by atoms with van der Waals surface area (Å²) in [6.45, 7) is 4.80. The second-order valence-corrected chi connectivity index (χ2v) is 4.51. The molecule has 0 unspecified atom stereocenters. The van der Waals surface area contributed by atoms with Crippen molar-refractivity contribution in [3.63, 3.8) is 0 Å². The fourth-order valence-electron chi connectivity index (χ4n) is 1.79.